The van der Waals surface area contributed by atoms with Gasteiger partial charge in [-0.25, -0.2) is 59.5 Å². The molecule has 0 radical (unpaired) electrons. The number of nitrogens with two attached hydrogens (primary N) is 3. The summed E-state index contributed by atoms with van der Waals surface area (Å²) < 4.78 is 42.4. The van der Waals surface area contributed by atoms with E-state index in [1.807, 2.05) is 0 Å². The van der Waals surface area contributed by atoms with Crippen molar-refractivity contribution in [2.24, 2.45) is 15.0 Å². The maximum Gasteiger partial charge on any atom is 0.254 e. The molecule has 27 nitrogen and oxygen atoms in total. The van der Waals surface area contributed by atoms with Crippen LogP contribution in [0.15, 0.2) is 83.0 Å². The first-order chi connectivity index (χ1) is 44.1. The van der Waals surface area contributed by atoms with Gasteiger partial charge in [-0.2, -0.15) is 13.5 Å². The second kappa shape index (κ2) is 35.5. The Morgan fingerprint density at radius 3 is 0.947 bits per heavy atom. The zero-order valence-corrected chi connectivity index (χ0v) is 58.4. The summed E-state index contributed by atoms with van der Waals surface area (Å²) in [7, 11) is 9.62. The van der Waals surface area contributed by atoms with Crippen LogP contribution in [0.2, 0.25) is 0 Å². The quantitative estimate of drug-likeness (QED) is 0.0461. The number of hydroxylamine groups is 3. The minimum Gasteiger partial charge on any atom is -0.396 e. The number of rotatable bonds is 18. The van der Waals surface area contributed by atoms with Crippen LogP contribution in [0.3, 0.4) is 0 Å². The molecule has 95 heavy (non-hydrogen) atoms. The lowest BCUT2D eigenvalue weighted by atomic mass is 9.95. The van der Waals surface area contributed by atoms with Crippen LogP contribution in [0.5, 0.6) is 0 Å². The third kappa shape index (κ3) is 20.0. The molecule has 3 aliphatic rings. The summed E-state index contributed by atoms with van der Waals surface area (Å²) in [6.07, 6.45) is -1.16. The number of aliphatic imine (C=N–C) groups is 3. The molecule has 514 valence electrons. The summed E-state index contributed by atoms with van der Waals surface area (Å²) in [5.74, 6) is -0.622. The number of nitrogens with one attached hydrogen (secondary N) is 3. The van der Waals surface area contributed by atoms with Gasteiger partial charge in [0.25, 0.3) is 17.7 Å². The number of nitrogen functional groups attached to an aromatic ring is 3. The van der Waals surface area contributed by atoms with Gasteiger partial charge in [-0.3, -0.25) is 43.9 Å². The number of nitrogens with zero attached hydrogens (tertiary/aromatic N) is 12. The molecule has 0 fully saturated rings. The van der Waals surface area contributed by atoms with Gasteiger partial charge in [0.05, 0.1) is 69.0 Å². The van der Waals surface area contributed by atoms with Gasteiger partial charge >= 0.3 is 0 Å². The number of likely N-dealkylation sites (N-methyl/N-ethyl adjacent to an activating group) is 3. The molecule has 3 aromatic heterocycles. The highest BCUT2D eigenvalue weighted by molar-refractivity contribution is 9.11. The highest BCUT2D eigenvalue weighted by Gasteiger charge is 2.34. The number of aliphatic hydroxyl groups is 3. The number of fused-ring (bicyclic) bond motifs is 3. The Balaban J connectivity index is 0.000000255. The van der Waals surface area contributed by atoms with Gasteiger partial charge in [-0.1, -0.05) is 73.4 Å². The van der Waals surface area contributed by atoms with Crippen LogP contribution in [0.1, 0.15) is 112 Å². The van der Waals surface area contributed by atoms with Crippen LogP contribution in [-0.2, 0) is 48.2 Å². The molecule has 0 spiro atoms. The monoisotopic (exact) mass is 1530 g/mol. The molecule has 0 bridgehead atoms. The fourth-order valence-corrected chi connectivity index (χ4v) is 11.9. The van der Waals surface area contributed by atoms with Crippen molar-refractivity contribution < 1.29 is 57.4 Å². The van der Waals surface area contributed by atoms with Crippen molar-refractivity contribution in [3.05, 3.63) is 153 Å². The van der Waals surface area contributed by atoms with E-state index in [0.717, 1.165) is 16.7 Å². The molecular formula is C61H78Br3F3N18O9S. The highest BCUT2D eigenvalue weighted by Crippen LogP contribution is 2.37. The smallest absolute Gasteiger partial charge is 0.254 e. The van der Waals surface area contributed by atoms with Gasteiger partial charge < -0.3 is 47.2 Å². The molecule has 34 heteroatoms. The second-order valence-electron chi connectivity index (χ2n) is 21.9. The highest BCUT2D eigenvalue weighted by atomic mass is 79.9. The van der Waals surface area contributed by atoms with Crippen molar-refractivity contribution in [2.45, 2.75) is 103 Å². The molecule has 0 saturated carbocycles. The lowest BCUT2D eigenvalue weighted by Crippen LogP contribution is -2.42. The first-order valence-corrected chi connectivity index (χ1v) is 31.2. The van der Waals surface area contributed by atoms with Crippen LogP contribution in [0.25, 0.3) is 0 Å². The molecule has 1 unspecified atom stereocenters. The standard InChI is InChI=1S/3C20H24BrFN6O3.CH4.H2S/c3*1-10-17-15(26-20(23)24-10)9-14(12-5-4-11(22)8-13(12)21)25-18(17)27-31-16(6-7-29)19(30)28(2)3;;/h3*4-5,8,14,16,29H,6-7,9H2,1-3H3,(H,25,27)(H2,23,24,26);1H4;1H2/t14-,16?;14-,16+;14-,16-;;/m111../s1. The number of halogens is 6. The van der Waals surface area contributed by atoms with Gasteiger partial charge in [0.15, 0.2) is 35.8 Å². The van der Waals surface area contributed by atoms with Crippen molar-refractivity contribution in [3.63, 3.8) is 0 Å². The average molecular weight is 1540 g/mol. The van der Waals surface area contributed by atoms with Crippen LogP contribution in [-0.4, -0.2) is 176 Å². The van der Waals surface area contributed by atoms with E-state index < -0.39 is 36.4 Å². The van der Waals surface area contributed by atoms with Gasteiger partial charge in [-0.15, -0.1) is 0 Å². The van der Waals surface area contributed by atoms with E-state index in [9.17, 15) is 42.9 Å². The fraction of sp³-hybridized carbons (Fsp3) is 0.410. The van der Waals surface area contributed by atoms with E-state index in [0.29, 0.717) is 101 Å². The lowest BCUT2D eigenvalue weighted by Gasteiger charge is -2.27. The molecule has 6 atom stereocenters. The molecule has 9 rings (SSSR count). The normalized spacial score (nSPS) is 16.0. The molecule has 3 aromatic carbocycles. The Kier molecular flexibility index (Phi) is 29.2. The van der Waals surface area contributed by atoms with E-state index in [2.05, 4.69) is 94.1 Å². The third-order valence-electron chi connectivity index (χ3n) is 14.5. The van der Waals surface area contributed by atoms with Crippen molar-refractivity contribution in [1.82, 2.24) is 61.0 Å². The number of benzene rings is 3. The first kappa shape index (κ1) is 78.2. The largest absolute Gasteiger partial charge is 0.396 e. The maximum absolute atomic E-state index is 13.6. The summed E-state index contributed by atoms with van der Waals surface area (Å²) >= 11 is 10.2. The predicted octanol–water partition coefficient (Wildman–Crippen LogP) is 5.77. The third-order valence-corrected chi connectivity index (χ3v) is 16.5. The molecule has 0 saturated heterocycles. The lowest BCUT2D eigenvalue weighted by molar-refractivity contribution is -0.145. The Morgan fingerprint density at radius 2 is 0.737 bits per heavy atom. The van der Waals surface area contributed by atoms with Gasteiger partial charge in [0, 0.05) is 114 Å². The number of aliphatic hydroxyl groups excluding tert-OH is 3. The number of carbonyl (C=O) groups excluding carboxylic acids is 3. The zero-order valence-electron chi connectivity index (χ0n) is 52.7. The number of hydrogen-bond acceptors (Lipinski definition) is 24. The van der Waals surface area contributed by atoms with Crippen molar-refractivity contribution in [1.29, 1.82) is 0 Å². The summed E-state index contributed by atoms with van der Waals surface area (Å²) in [6.45, 7) is 4.66. The fourth-order valence-electron chi connectivity index (χ4n) is 10.1. The van der Waals surface area contributed by atoms with Crippen molar-refractivity contribution in [2.75, 3.05) is 79.3 Å². The SMILES string of the molecule is C.Cc1nc(N)nc2c1C(NOC(CCO)C(=O)N(C)C)=N[C@@H](c1ccc(F)cc1Br)C2.Cc1nc(N)nc2c1C(NO[C@@H](CCO)C(=O)N(C)C)=N[C@@H](c1ccc(F)cc1Br)C2.Cc1nc(N)nc2c1C(NO[C@H](CCO)C(=O)N(C)C)=N[C@@H](c1ccc(F)cc1Br)C2.S. The molecule has 3 aliphatic heterocycles. The van der Waals surface area contributed by atoms with Gasteiger partial charge in [0.2, 0.25) is 17.8 Å². The van der Waals surface area contributed by atoms with E-state index in [1.165, 1.54) is 51.1 Å². The predicted molar refractivity (Wildman–Crippen MR) is 367 cm³/mol. The van der Waals surface area contributed by atoms with Crippen LogP contribution in [0.4, 0.5) is 31.0 Å². The molecular weight excluding hydrogens is 1460 g/mol. The van der Waals surface area contributed by atoms with E-state index in [4.69, 9.17) is 46.7 Å². The van der Waals surface area contributed by atoms with Crippen LogP contribution in [0, 0.1) is 38.2 Å². The van der Waals surface area contributed by atoms with Crippen LogP contribution >= 0.6 is 61.3 Å². The van der Waals surface area contributed by atoms with Crippen molar-refractivity contribution in [3.8, 4) is 0 Å². The Hall–Kier alpha value is -7.54. The molecule has 0 aliphatic carbocycles. The molecule has 6 heterocycles. The Morgan fingerprint density at radius 1 is 0.495 bits per heavy atom. The zero-order chi connectivity index (χ0) is 68.1. The number of amides is 3. The topological polar surface area (TPSA) is 378 Å². The van der Waals surface area contributed by atoms with Gasteiger partial charge in [-0.05, 0) is 73.9 Å². The number of hydrogen-bond donors (Lipinski definition) is 9. The van der Waals surface area contributed by atoms with E-state index in [-0.39, 0.29) is 113 Å². The minimum absolute atomic E-state index is 0. The first-order valence-electron chi connectivity index (χ1n) is 28.8. The molecule has 6 aromatic rings. The Labute approximate surface area is 579 Å². The number of amidine groups is 3. The summed E-state index contributed by atoms with van der Waals surface area (Å²) in [6, 6.07) is 12.0. The minimum atomic E-state index is -0.918. The summed E-state index contributed by atoms with van der Waals surface area (Å²) in [5, 5.41) is 27.9. The van der Waals surface area contributed by atoms with Crippen LogP contribution < -0.4 is 33.6 Å². The number of anilines is 3. The number of carbonyl (C=O) groups is 3. The van der Waals surface area contributed by atoms with Gasteiger partial charge in [0.1, 0.15) is 17.5 Å². The second-order valence-corrected chi connectivity index (χ2v) is 24.5. The van der Waals surface area contributed by atoms with E-state index >= 15 is 0 Å². The Bertz CT molecular complexity index is 3440. The summed E-state index contributed by atoms with van der Waals surface area (Å²) in [5.41, 5.74) is 33.8. The summed E-state index contributed by atoms with van der Waals surface area (Å²) in [4.78, 5) is 98.0. The average Bonchev–Trinajstić information content (AvgIpc) is 0.789. The number of aryl methyl sites for hydroxylation is 3. The molecule has 12 N–H and O–H groups in total. The number of aromatic nitrogens is 6. The maximum atomic E-state index is 13.6. The molecule has 3 amide bonds. The van der Waals surface area contributed by atoms with E-state index in [1.54, 1.807) is 81.3 Å². The van der Waals surface area contributed by atoms with Crippen molar-refractivity contribution >= 4 is 114 Å².